The van der Waals surface area contributed by atoms with E-state index in [9.17, 15) is 4.79 Å². The molecule has 4 rings (SSSR count). The van der Waals surface area contributed by atoms with Crippen LogP contribution in [0.1, 0.15) is 18.1 Å². The van der Waals surface area contributed by atoms with Crippen LogP contribution in [0.3, 0.4) is 0 Å². The average Bonchev–Trinajstić information content (AvgIpc) is 3.17. The van der Waals surface area contributed by atoms with Crippen molar-refractivity contribution in [2.75, 3.05) is 20.8 Å². The van der Waals surface area contributed by atoms with Gasteiger partial charge in [-0.3, -0.25) is 9.69 Å². The predicted molar refractivity (Wildman–Crippen MR) is 150 cm³/mol. The van der Waals surface area contributed by atoms with Gasteiger partial charge in [0.05, 0.1) is 29.3 Å². The molecule has 1 amide bonds. The molecule has 3 aromatic carbocycles. The summed E-state index contributed by atoms with van der Waals surface area (Å²) in [6.07, 6.45) is 1.83. The second-order valence-electron chi connectivity index (χ2n) is 7.67. The molecule has 6 nitrogen and oxygen atoms in total. The Balaban J connectivity index is 1.58. The summed E-state index contributed by atoms with van der Waals surface area (Å²) in [5.41, 5.74) is 2.41. The summed E-state index contributed by atoms with van der Waals surface area (Å²) in [6.45, 7) is 2.73. The number of methoxy groups -OCH3 is 2. The van der Waals surface area contributed by atoms with Crippen molar-refractivity contribution in [2.24, 2.45) is 4.99 Å². The molecule has 0 saturated carbocycles. The molecule has 0 radical (unpaired) electrons. The van der Waals surface area contributed by atoms with Crippen LogP contribution in [0.15, 0.2) is 75.0 Å². The highest BCUT2D eigenvalue weighted by atomic mass is 79.9. The van der Waals surface area contributed by atoms with Crippen molar-refractivity contribution in [3.63, 3.8) is 0 Å². The van der Waals surface area contributed by atoms with E-state index in [1.54, 1.807) is 19.1 Å². The molecule has 3 aromatic rings. The van der Waals surface area contributed by atoms with Crippen LogP contribution in [0.5, 0.6) is 17.2 Å². The Hall–Kier alpha value is -2.94. The molecule has 9 heteroatoms. The number of amides is 1. The van der Waals surface area contributed by atoms with E-state index < -0.39 is 0 Å². The highest BCUT2D eigenvalue weighted by molar-refractivity contribution is 9.10. The van der Waals surface area contributed by atoms with Crippen LogP contribution in [0.25, 0.3) is 6.08 Å². The highest BCUT2D eigenvalue weighted by Crippen LogP contribution is 2.40. The van der Waals surface area contributed by atoms with E-state index >= 15 is 0 Å². The first kappa shape index (κ1) is 26.1. The van der Waals surface area contributed by atoms with Gasteiger partial charge in [-0.2, -0.15) is 0 Å². The molecule has 0 atom stereocenters. The molecule has 1 heterocycles. The monoisotopic (exact) mass is 586 g/mol. The van der Waals surface area contributed by atoms with Crippen molar-refractivity contribution in [1.29, 1.82) is 0 Å². The Kier molecular flexibility index (Phi) is 8.61. The van der Waals surface area contributed by atoms with Crippen molar-refractivity contribution >= 4 is 62.1 Å². The zero-order valence-electron chi connectivity index (χ0n) is 20.0. The summed E-state index contributed by atoms with van der Waals surface area (Å²) in [4.78, 5) is 20.0. The lowest BCUT2D eigenvalue weighted by Crippen LogP contribution is -2.28. The fraction of sp³-hybridized carbons (Fsp3) is 0.185. The van der Waals surface area contributed by atoms with Gasteiger partial charge in [0.2, 0.25) is 0 Å². The average molecular weight is 588 g/mol. The minimum atomic E-state index is -0.0936. The van der Waals surface area contributed by atoms with E-state index in [1.165, 1.54) is 11.8 Å². The molecule has 186 valence electrons. The van der Waals surface area contributed by atoms with Gasteiger partial charge in [-0.25, -0.2) is 4.99 Å². The van der Waals surface area contributed by atoms with E-state index in [1.807, 2.05) is 73.7 Å². The maximum Gasteiger partial charge on any atom is 0.266 e. The Morgan fingerprint density at radius 1 is 1.08 bits per heavy atom. The first-order chi connectivity index (χ1) is 17.4. The van der Waals surface area contributed by atoms with Crippen LogP contribution in [0.2, 0.25) is 5.02 Å². The molecule has 0 unspecified atom stereocenters. The van der Waals surface area contributed by atoms with Crippen LogP contribution < -0.4 is 14.2 Å². The SMILES string of the molecule is CCN1C(=O)/C(=C/c2cc(Br)c(OCc3ccccc3Cl)c(OC)c2)SC1=Nc1ccc(OC)cc1. The smallest absolute Gasteiger partial charge is 0.266 e. The number of carbonyl (C=O) groups is 1. The van der Waals surface area contributed by atoms with Crippen molar-refractivity contribution < 1.29 is 19.0 Å². The van der Waals surface area contributed by atoms with Crippen molar-refractivity contribution in [2.45, 2.75) is 13.5 Å². The third kappa shape index (κ3) is 5.88. The minimum Gasteiger partial charge on any atom is -0.497 e. The third-order valence-corrected chi connectivity index (χ3v) is 7.35. The summed E-state index contributed by atoms with van der Waals surface area (Å²) in [7, 11) is 3.20. The van der Waals surface area contributed by atoms with E-state index in [2.05, 4.69) is 20.9 Å². The van der Waals surface area contributed by atoms with Crippen LogP contribution in [0, 0.1) is 0 Å². The molecule has 0 aliphatic carbocycles. The number of hydrogen-bond donors (Lipinski definition) is 0. The summed E-state index contributed by atoms with van der Waals surface area (Å²) < 4.78 is 17.5. The number of benzene rings is 3. The fourth-order valence-corrected chi connectivity index (χ4v) is 5.34. The Morgan fingerprint density at radius 3 is 2.50 bits per heavy atom. The second kappa shape index (κ2) is 11.9. The molecule has 0 N–H and O–H groups in total. The summed E-state index contributed by atoms with van der Waals surface area (Å²) in [6, 6.07) is 18.6. The Labute approximate surface area is 228 Å². The molecule has 0 aromatic heterocycles. The van der Waals surface area contributed by atoms with Gasteiger partial charge in [-0.05, 0) is 88.7 Å². The Morgan fingerprint density at radius 2 is 1.83 bits per heavy atom. The number of thioether (sulfide) groups is 1. The molecule has 0 bridgehead atoms. The van der Waals surface area contributed by atoms with Crippen molar-refractivity contribution in [3.8, 4) is 17.2 Å². The van der Waals surface area contributed by atoms with Gasteiger partial charge < -0.3 is 14.2 Å². The lowest BCUT2D eigenvalue weighted by atomic mass is 10.1. The zero-order chi connectivity index (χ0) is 25.7. The number of nitrogens with zero attached hydrogens (tertiary/aromatic N) is 2. The second-order valence-corrected chi connectivity index (χ2v) is 9.94. The quantitative estimate of drug-likeness (QED) is 0.258. The van der Waals surface area contributed by atoms with Crippen LogP contribution in [-0.4, -0.2) is 36.7 Å². The molecular weight excluding hydrogens is 564 g/mol. The van der Waals surface area contributed by atoms with Gasteiger partial charge in [0.1, 0.15) is 12.4 Å². The number of likely N-dealkylation sites (N-methyl/N-ethyl adjacent to an activating group) is 1. The topological polar surface area (TPSA) is 60.4 Å². The molecule has 1 aliphatic rings. The van der Waals surface area contributed by atoms with E-state index in [0.29, 0.717) is 44.2 Å². The summed E-state index contributed by atoms with van der Waals surface area (Å²) in [5.74, 6) is 1.75. The van der Waals surface area contributed by atoms with Gasteiger partial charge in [-0.1, -0.05) is 29.8 Å². The van der Waals surface area contributed by atoms with E-state index in [0.717, 1.165) is 22.6 Å². The molecule has 0 spiro atoms. The molecular formula is C27H24BrClN2O4S. The van der Waals surface area contributed by atoms with Crippen LogP contribution >= 0.6 is 39.3 Å². The maximum absolute atomic E-state index is 13.1. The van der Waals surface area contributed by atoms with Gasteiger partial charge in [0.15, 0.2) is 16.7 Å². The van der Waals surface area contributed by atoms with E-state index in [-0.39, 0.29) is 5.91 Å². The van der Waals surface area contributed by atoms with Crippen LogP contribution in [-0.2, 0) is 11.4 Å². The van der Waals surface area contributed by atoms with Gasteiger partial charge in [-0.15, -0.1) is 0 Å². The molecule has 36 heavy (non-hydrogen) atoms. The highest BCUT2D eigenvalue weighted by Gasteiger charge is 2.32. The van der Waals surface area contributed by atoms with Crippen molar-refractivity contribution in [1.82, 2.24) is 4.90 Å². The number of rotatable bonds is 8. The standard InChI is InChI=1S/C27H24BrClN2O4S/c1-4-31-26(32)24(36-27(31)30-19-9-11-20(33-2)12-10-19)15-17-13-21(28)25(23(14-17)34-3)35-16-18-7-5-6-8-22(18)29/h5-15H,4,16H2,1-3H3/b24-15-,30-27?. The minimum absolute atomic E-state index is 0.0936. The summed E-state index contributed by atoms with van der Waals surface area (Å²) in [5, 5.41) is 1.27. The molecule has 1 aliphatic heterocycles. The fourth-order valence-electron chi connectivity index (χ4n) is 3.52. The third-order valence-electron chi connectivity index (χ3n) is 5.38. The van der Waals surface area contributed by atoms with Gasteiger partial charge in [0, 0.05) is 17.1 Å². The zero-order valence-corrected chi connectivity index (χ0v) is 23.1. The first-order valence-corrected chi connectivity index (χ1v) is 13.1. The number of aliphatic imine (C=N–C) groups is 1. The number of ether oxygens (including phenoxy) is 3. The Bertz CT molecular complexity index is 1330. The lowest BCUT2D eigenvalue weighted by molar-refractivity contribution is -0.122. The van der Waals surface area contributed by atoms with E-state index in [4.69, 9.17) is 25.8 Å². The molecule has 1 saturated heterocycles. The normalized spacial score (nSPS) is 15.6. The van der Waals surface area contributed by atoms with Gasteiger partial charge >= 0.3 is 0 Å². The number of carbonyl (C=O) groups excluding carboxylic acids is 1. The summed E-state index contributed by atoms with van der Waals surface area (Å²) >= 11 is 11.2. The maximum atomic E-state index is 13.1. The molecule has 1 fully saturated rings. The van der Waals surface area contributed by atoms with Gasteiger partial charge in [0.25, 0.3) is 5.91 Å². The van der Waals surface area contributed by atoms with Crippen LogP contribution in [0.4, 0.5) is 5.69 Å². The predicted octanol–water partition coefficient (Wildman–Crippen LogP) is 7.32. The van der Waals surface area contributed by atoms with Crippen molar-refractivity contribution in [3.05, 3.63) is 86.2 Å². The number of hydrogen-bond acceptors (Lipinski definition) is 6. The number of amidine groups is 1. The lowest BCUT2D eigenvalue weighted by Gasteiger charge is -2.14. The number of halogens is 2. The largest absolute Gasteiger partial charge is 0.497 e. The first-order valence-electron chi connectivity index (χ1n) is 11.1.